The summed E-state index contributed by atoms with van der Waals surface area (Å²) in [5, 5.41) is 0. The Morgan fingerprint density at radius 2 is 2.21 bits per heavy atom. The fourth-order valence-electron chi connectivity index (χ4n) is 3.27. The summed E-state index contributed by atoms with van der Waals surface area (Å²) in [7, 11) is 0. The second kappa shape index (κ2) is 5.21. The van der Waals surface area contributed by atoms with Crippen LogP contribution in [0.1, 0.15) is 25.0 Å². The van der Waals surface area contributed by atoms with Crippen molar-refractivity contribution in [3.63, 3.8) is 0 Å². The number of fused-ring (bicyclic) bond motifs is 2. The van der Waals surface area contributed by atoms with Crippen molar-refractivity contribution in [2.75, 3.05) is 25.5 Å². The second-order valence-electron chi connectivity index (χ2n) is 5.43. The second-order valence-corrected chi connectivity index (χ2v) is 5.88. The number of carbonyl (C=O) groups excluding carboxylic acids is 1. The summed E-state index contributed by atoms with van der Waals surface area (Å²) in [6.45, 7) is 3.10. The number of rotatable bonds is 2. The molecule has 19 heavy (non-hydrogen) atoms. The standard InChI is InChI=1S/C14H20N2O2S/c17-13(3-9-19)15-10-12-2-1-6-16(12)14(11-15)4-7-18-8-5-14/h1-2,6,19H,3-5,7-11H2. The summed E-state index contributed by atoms with van der Waals surface area (Å²) in [6.07, 6.45) is 4.65. The SMILES string of the molecule is O=C(CCS)N1Cc2cccn2C2(CCOCC2)C1. The van der Waals surface area contributed by atoms with E-state index in [0.29, 0.717) is 12.2 Å². The first-order chi connectivity index (χ1) is 9.25. The summed E-state index contributed by atoms with van der Waals surface area (Å²) in [6, 6.07) is 4.20. The number of aromatic nitrogens is 1. The fraction of sp³-hybridized carbons (Fsp3) is 0.643. The van der Waals surface area contributed by atoms with Crippen molar-refractivity contribution in [3.05, 3.63) is 24.0 Å². The van der Waals surface area contributed by atoms with Crippen LogP contribution < -0.4 is 0 Å². The van der Waals surface area contributed by atoms with Crippen molar-refractivity contribution >= 4 is 18.5 Å². The molecule has 0 saturated carbocycles. The van der Waals surface area contributed by atoms with Crippen LogP contribution in [0.5, 0.6) is 0 Å². The molecule has 3 rings (SSSR count). The lowest BCUT2D eigenvalue weighted by molar-refractivity contribution is -0.135. The van der Waals surface area contributed by atoms with Gasteiger partial charge in [0, 0.05) is 38.1 Å². The Bertz CT molecular complexity index is 466. The van der Waals surface area contributed by atoms with E-state index < -0.39 is 0 Å². The van der Waals surface area contributed by atoms with Gasteiger partial charge >= 0.3 is 0 Å². The first-order valence-electron chi connectivity index (χ1n) is 6.88. The van der Waals surface area contributed by atoms with Crippen LogP contribution in [0.2, 0.25) is 0 Å². The minimum absolute atomic E-state index is 0.0432. The van der Waals surface area contributed by atoms with E-state index >= 15 is 0 Å². The Kier molecular flexibility index (Phi) is 3.58. The predicted molar refractivity (Wildman–Crippen MR) is 76.3 cm³/mol. The maximum atomic E-state index is 12.2. The quantitative estimate of drug-likeness (QED) is 0.836. The van der Waals surface area contributed by atoms with Crippen LogP contribution in [0.15, 0.2) is 18.3 Å². The van der Waals surface area contributed by atoms with Crippen molar-refractivity contribution in [2.45, 2.75) is 31.3 Å². The highest BCUT2D eigenvalue weighted by molar-refractivity contribution is 7.80. The van der Waals surface area contributed by atoms with E-state index in [9.17, 15) is 4.79 Å². The number of hydrogen-bond donors (Lipinski definition) is 1. The summed E-state index contributed by atoms with van der Waals surface area (Å²) < 4.78 is 7.88. The van der Waals surface area contributed by atoms with Crippen LogP contribution in [-0.4, -0.2) is 40.9 Å². The van der Waals surface area contributed by atoms with Crippen LogP contribution >= 0.6 is 12.6 Å². The van der Waals surface area contributed by atoms with Gasteiger partial charge in [-0.2, -0.15) is 12.6 Å². The van der Waals surface area contributed by atoms with Gasteiger partial charge in [0.25, 0.3) is 0 Å². The highest BCUT2D eigenvalue weighted by atomic mass is 32.1. The van der Waals surface area contributed by atoms with Crippen LogP contribution in [0.3, 0.4) is 0 Å². The van der Waals surface area contributed by atoms with Gasteiger partial charge in [-0.1, -0.05) is 0 Å². The maximum Gasteiger partial charge on any atom is 0.223 e. The molecule has 0 aliphatic carbocycles. The average molecular weight is 280 g/mol. The molecule has 0 bridgehead atoms. The average Bonchev–Trinajstić information content (AvgIpc) is 2.89. The molecule has 1 fully saturated rings. The van der Waals surface area contributed by atoms with Gasteiger partial charge in [0.2, 0.25) is 5.91 Å². The minimum atomic E-state index is 0.0432. The number of amides is 1. The molecule has 1 aromatic rings. The third kappa shape index (κ3) is 2.30. The molecule has 4 nitrogen and oxygen atoms in total. The zero-order chi connectivity index (χ0) is 13.3. The van der Waals surface area contributed by atoms with E-state index in [4.69, 9.17) is 4.74 Å². The zero-order valence-corrected chi connectivity index (χ0v) is 11.9. The largest absolute Gasteiger partial charge is 0.381 e. The lowest BCUT2D eigenvalue weighted by Crippen LogP contribution is -2.54. The number of carbonyl (C=O) groups is 1. The normalized spacial score (nSPS) is 21.4. The van der Waals surface area contributed by atoms with Gasteiger partial charge in [-0.3, -0.25) is 4.79 Å². The molecule has 2 aliphatic heterocycles. The first kappa shape index (κ1) is 13.1. The fourth-order valence-corrected chi connectivity index (χ4v) is 3.46. The van der Waals surface area contributed by atoms with Crippen molar-refractivity contribution in [1.82, 2.24) is 9.47 Å². The molecule has 0 aromatic carbocycles. The molecule has 0 unspecified atom stereocenters. The van der Waals surface area contributed by atoms with Gasteiger partial charge in [-0.15, -0.1) is 0 Å². The monoisotopic (exact) mass is 280 g/mol. The molecule has 0 atom stereocenters. The van der Waals surface area contributed by atoms with E-state index in [1.807, 2.05) is 4.90 Å². The first-order valence-corrected chi connectivity index (χ1v) is 7.51. The van der Waals surface area contributed by atoms with E-state index in [-0.39, 0.29) is 11.4 Å². The van der Waals surface area contributed by atoms with Gasteiger partial charge in [-0.05, 0) is 30.7 Å². The Morgan fingerprint density at radius 1 is 1.42 bits per heavy atom. The van der Waals surface area contributed by atoms with Gasteiger partial charge in [0.1, 0.15) is 0 Å². The van der Waals surface area contributed by atoms with Crippen LogP contribution in [0.25, 0.3) is 0 Å². The zero-order valence-electron chi connectivity index (χ0n) is 11.0. The third-order valence-electron chi connectivity index (χ3n) is 4.28. The molecule has 1 amide bonds. The number of hydrogen-bond acceptors (Lipinski definition) is 3. The molecule has 2 aliphatic rings. The Morgan fingerprint density at radius 3 is 2.95 bits per heavy atom. The van der Waals surface area contributed by atoms with Gasteiger partial charge in [-0.25, -0.2) is 0 Å². The molecule has 1 saturated heterocycles. The smallest absolute Gasteiger partial charge is 0.223 e. The maximum absolute atomic E-state index is 12.2. The van der Waals surface area contributed by atoms with Crippen molar-refractivity contribution in [3.8, 4) is 0 Å². The Balaban J connectivity index is 1.90. The highest BCUT2D eigenvalue weighted by Gasteiger charge is 2.41. The number of thiol groups is 1. The summed E-state index contributed by atoms with van der Waals surface area (Å²) in [5.74, 6) is 0.834. The molecule has 1 spiro atoms. The molecule has 0 radical (unpaired) electrons. The van der Waals surface area contributed by atoms with Crippen LogP contribution in [-0.2, 0) is 21.6 Å². The lowest BCUT2D eigenvalue weighted by Gasteiger charge is -2.47. The molecule has 0 N–H and O–H groups in total. The number of ether oxygens (including phenoxy) is 1. The topological polar surface area (TPSA) is 34.5 Å². The van der Waals surface area contributed by atoms with E-state index in [1.54, 1.807) is 0 Å². The highest BCUT2D eigenvalue weighted by Crippen LogP contribution is 2.36. The lowest BCUT2D eigenvalue weighted by atomic mass is 9.87. The van der Waals surface area contributed by atoms with E-state index in [0.717, 1.165) is 39.1 Å². The molecule has 1 aromatic heterocycles. The summed E-state index contributed by atoms with van der Waals surface area (Å²) in [4.78, 5) is 14.2. The van der Waals surface area contributed by atoms with Crippen LogP contribution in [0.4, 0.5) is 0 Å². The molecular formula is C14H20N2O2S. The van der Waals surface area contributed by atoms with Gasteiger partial charge in [0.05, 0.1) is 12.1 Å². The van der Waals surface area contributed by atoms with Gasteiger partial charge in [0.15, 0.2) is 0 Å². The Labute approximate surface area is 119 Å². The van der Waals surface area contributed by atoms with Crippen molar-refractivity contribution in [1.29, 1.82) is 0 Å². The molecule has 104 valence electrons. The van der Waals surface area contributed by atoms with Crippen molar-refractivity contribution in [2.24, 2.45) is 0 Å². The van der Waals surface area contributed by atoms with Crippen molar-refractivity contribution < 1.29 is 9.53 Å². The van der Waals surface area contributed by atoms with E-state index in [2.05, 4.69) is 35.5 Å². The molecular weight excluding hydrogens is 260 g/mol. The molecule has 3 heterocycles. The molecule has 5 heteroatoms. The Hall–Kier alpha value is -0.940. The summed E-state index contributed by atoms with van der Waals surface area (Å²) in [5.41, 5.74) is 1.28. The van der Waals surface area contributed by atoms with Gasteiger partial charge < -0.3 is 14.2 Å². The predicted octanol–water partition coefficient (Wildman–Crippen LogP) is 1.66. The minimum Gasteiger partial charge on any atom is -0.381 e. The third-order valence-corrected chi connectivity index (χ3v) is 4.51. The summed E-state index contributed by atoms with van der Waals surface area (Å²) >= 11 is 4.17. The number of nitrogens with zero attached hydrogens (tertiary/aromatic N) is 2. The van der Waals surface area contributed by atoms with Crippen LogP contribution in [0, 0.1) is 0 Å². The van der Waals surface area contributed by atoms with E-state index in [1.165, 1.54) is 5.69 Å².